The second kappa shape index (κ2) is 4.01. The first-order valence-corrected chi connectivity index (χ1v) is 5.30. The van der Waals surface area contributed by atoms with Gasteiger partial charge in [0, 0.05) is 19.3 Å². The van der Waals surface area contributed by atoms with Crippen molar-refractivity contribution in [3.05, 3.63) is 22.0 Å². The highest BCUT2D eigenvalue weighted by molar-refractivity contribution is 14.1. The fraction of sp³-hybridized carbons (Fsp3) is 0.125. The summed E-state index contributed by atoms with van der Waals surface area (Å²) in [5.74, 6) is 1.54. The van der Waals surface area contributed by atoms with Gasteiger partial charge in [-0.3, -0.25) is 0 Å². The first kappa shape index (κ1) is 10.1. The standard InChI is InChI=1S/C8H9IN6/c1-11-6-2-7(14-8(10)13-6)15-4-5(9)3-12-15/h2-4H,1H3,(H3,10,11,13,14). The zero-order valence-electron chi connectivity index (χ0n) is 7.98. The molecule has 0 unspecified atom stereocenters. The van der Waals surface area contributed by atoms with Gasteiger partial charge in [0.15, 0.2) is 5.82 Å². The van der Waals surface area contributed by atoms with Gasteiger partial charge in [0.25, 0.3) is 0 Å². The number of rotatable bonds is 2. The second-order valence-corrected chi connectivity index (χ2v) is 4.07. The van der Waals surface area contributed by atoms with Crippen LogP contribution in [0.25, 0.3) is 5.82 Å². The zero-order chi connectivity index (χ0) is 10.8. The van der Waals surface area contributed by atoms with Crippen molar-refractivity contribution in [1.82, 2.24) is 19.7 Å². The molecule has 2 aromatic rings. The quantitative estimate of drug-likeness (QED) is 0.804. The van der Waals surface area contributed by atoms with Gasteiger partial charge in [0.1, 0.15) is 5.82 Å². The Kier molecular flexibility index (Phi) is 2.71. The van der Waals surface area contributed by atoms with E-state index in [0.717, 1.165) is 3.57 Å². The minimum absolute atomic E-state index is 0.224. The van der Waals surface area contributed by atoms with Gasteiger partial charge < -0.3 is 11.1 Å². The van der Waals surface area contributed by atoms with Gasteiger partial charge in [-0.2, -0.15) is 15.1 Å². The largest absolute Gasteiger partial charge is 0.373 e. The Morgan fingerprint density at radius 2 is 2.27 bits per heavy atom. The van der Waals surface area contributed by atoms with Gasteiger partial charge in [-0.15, -0.1) is 0 Å². The average Bonchev–Trinajstić information content (AvgIpc) is 2.64. The number of aromatic nitrogens is 4. The molecule has 78 valence electrons. The summed E-state index contributed by atoms with van der Waals surface area (Å²) < 4.78 is 2.69. The van der Waals surface area contributed by atoms with Crippen molar-refractivity contribution in [3.63, 3.8) is 0 Å². The van der Waals surface area contributed by atoms with E-state index in [2.05, 4.69) is 43.0 Å². The number of nitrogen functional groups attached to an aromatic ring is 1. The van der Waals surface area contributed by atoms with Crippen molar-refractivity contribution in [2.45, 2.75) is 0 Å². The van der Waals surface area contributed by atoms with Gasteiger partial charge in [-0.25, -0.2) is 4.68 Å². The Hall–Kier alpha value is -1.38. The SMILES string of the molecule is CNc1cc(-n2cc(I)cn2)nc(N)n1. The first-order chi connectivity index (χ1) is 7.19. The molecule has 0 aliphatic heterocycles. The van der Waals surface area contributed by atoms with E-state index in [1.807, 2.05) is 6.20 Å². The molecule has 2 heterocycles. The van der Waals surface area contributed by atoms with E-state index in [1.165, 1.54) is 0 Å². The van der Waals surface area contributed by atoms with Crippen LogP contribution < -0.4 is 11.1 Å². The van der Waals surface area contributed by atoms with Crippen LogP contribution in [0.2, 0.25) is 0 Å². The maximum atomic E-state index is 5.57. The topological polar surface area (TPSA) is 81.7 Å². The molecule has 0 spiro atoms. The molecule has 2 aromatic heterocycles. The highest BCUT2D eigenvalue weighted by Gasteiger charge is 2.04. The number of nitrogens with zero attached hydrogens (tertiary/aromatic N) is 4. The van der Waals surface area contributed by atoms with Crippen molar-refractivity contribution in [2.75, 3.05) is 18.1 Å². The molecule has 0 aliphatic rings. The lowest BCUT2D eigenvalue weighted by atomic mass is 10.5. The third-order valence-corrected chi connectivity index (χ3v) is 2.33. The van der Waals surface area contributed by atoms with Crippen LogP contribution in [0.4, 0.5) is 11.8 Å². The second-order valence-electron chi connectivity index (χ2n) is 2.82. The van der Waals surface area contributed by atoms with Gasteiger partial charge in [0.2, 0.25) is 5.95 Å². The fourth-order valence-corrected chi connectivity index (χ4v) is 1.51. The Labute approximate surface area is 100 Å². The summed E-state index contributed by atoms with van der Waals surface area (Å²) in [6.07, 6.45) is 3.61. The minimum atomic E-state index is 0.224. The van der Waals surface area contributed by atoms with E-state index in [9.17, 15) is 0 Å². The Morgan fingerprint density at radius 3 is 2.87 bits per heavy atom. The summed E-state index contributed by atoms with van der Waals surface area (Å²) in [6.45, 7) is 0. The van der Waals surface area contributed by atoms with Crippen molar-refractivity contribution in [2.24, 2.45) is 0 Å². The number of anilines is 2. The van der Waals surface area contributed by atoms with Gasteiger partial charge in [0.05, 0.1) is 9.77 Å². The van der Waals surface area contributed by atoms with E-state index in [0.29, 0.717) is 11.6 Å². The first-order valence-electron chi connectivity index (χ1n) is 4.22. The predicted octanol–water partition coefficient (Wildman–Crippen LogP) is 0.891. The molecule has 0 saturated carbocycles. The molecule has 0 aliphatic carbocycles. The summed E-state index contributed by atoms with van der Waals surface area (Å²) in [7, 11) is 1.78. The number of hydrogen-bond donors (Lipinski definition) is 2. The lowest BCUT2D eigenvalue weighted by Gasteiger charge is -2.04. The van der Waals surface area contributed by atoms with E-state index in [1.54, 1.807) is 24.0 Å². The summed E-state index contributed by atoms with van der Waals surface area (Å²) >= 11 is 2.18. The van der Waals surface area contributed by atoms with E-state index >= 15 is 0 Å². The maximum absolute atomic E-state index is 5.57. The highest BCUT2D eigenvalue weighted by atomic mass is 127. The Morgan fingerprint density at radius 1 is 1.47 bits per heavy atom. The number of nitrogens with one attached hydrogen (secondary N) is 1. The van der Waals surface area contributed by atoms with E-state index < -0.39 is 0 Å². The van der Waals surface area contributed by atoms with Crippen LogP contribution in [0.1, 0.15) is 0 Å². The van der Waals surface area contributed by atoms with Crippen molar-refractivity contribution in [3.8, 4) is 5.82 Å². The molecule has 0 fully saturated rings. The third-order valence-electron chi connectivity index (χ3n) is 1.77. The molecule has 0 bridgehead atoms. The molecule has 0 radical (unpaired) electrons. The van der Waals surface area contributed by atoms with Crippen LogP contribution in [0.5, 0.6) is 0 Å². The third kappa shape index (κ3) is 2.17. The summed E-state index contributed by atoms with van der Waals surface area (Å²) in [5.41, 5.74) is 5.57. The molecule has 0 atom stereocenters. The van der Waals surface area contributed by atoms with Crippen molar-refractivity contribution in [1.29, 1.82) is 0 Å². The summed E-state index contributed by atoms with van der Waals surface area (Å²) in [6, 6.07) is 1.78. The number of hydrogen-bond acceptors (Lipinski definition) is 5. The number of halogens is 1. The number of nitrogens with two attached hydrogens (primary N) is 1. The fourth-order valence-electron chi connectivity index (χ4n) is 1.12. The molecule has 0 aromatic carbocycles. The maximum Gasteiger partial charge on any atom is 0.224 e. The van der Waals surface area contributed by atoms with E-state index in [-0.39, 0.29) is 5.95 Å². The van der Waals surface area contributed by atoms with Crippen LogP contribution in [-0.2, 0) is 0 Å². The van der Waals surface area contributed by atoms with Crippen LogP contribution in [0, 0.1) is 3.57 Å². The molecule has 15 heavy (non-hydrogen) atoms. The van der Waals surface area contributed by atoms with E-state index in [4.69, 9.17) is 5.73 Å². The van der Waals surface area contributed by atoms with Gasteiger partial charge >= 0.3 is 0 Å². The Bertz CT molecular complexity index is 480. The minimum Gasteiger partial charge on any atom is -0.373 e. The summed E-state index contributed by atoms with van der Waals surface area (Å²) in [5, 5.41) is 7.05. The zero-order valence-corrected chi connectivity index (χ0v) is 10.1. The van der Waals surface area contributed by atoms with Crippen LogP contribution >= 0.6 is 22.6 Å². The van der Waals surface area contributed by atoms with Crippen molar-refractivity contribution < 1.29 is 0 Å². The molecule has 6 nitrogen and oxygen atoms in total. The Balaban J connectivity index is 2.48. The van der Waals surface area contributed by atoms with Crippen LogP contribution in [0.15, 0.2) is 18.5 Å². The molecule has 0 amide bonds. The van der Waals surface area contributed by atoms with Gasteiger partial charge in [-0.05, 0) is 22.6 Å². The van der Waals surface area contributed by atoms with Crippen LogP contribution in [0.3, 0.4) is 0 Å². The summed E-state index contributed by atoms with van der Waals surface area (Å²) in [4.78, 5) is 8.09. The molecular formula is C8H9IN6. The normalized spacial score (nSPS) is 10.3. The lowest BCUT2D eigenvalue weighted by molar-refractivity contribution is 0.843. The van der Waals surface area contributed by atoms with Crippen LogP contribution in [-0.4, -0.2) is 26.8 Å². The molecule has 0 saturated heterocycles. The molecular weight excluding hydrogens is 307 g/mol. The monoisotopic (exact) mass is 316 g/mol. The molecule has 3 N–H and O–H groups in total. The molecule has 7 heteroatoms. The molecule has 2 rings (SSSR count). The predicted molar refractivity (Wildman–Crippen MR) is 65.8 cm³/mol. The van der Waals surface area contributed by atoms with Gasteiger partial charge in [-0.1, -0.05) is 0 Å². The highest BCUT2D eigenvalue weighted by Crippen LogP contribution is 2.12. The van der Waals surface area contributed by atoms with Crippen molar-refractivity contribution >= 4 is 34.4 Å². The lowest BCUT2D eigenvalue weighted by Crippen LogP contribution is -2.05. The average molecular weight is 316 g/mol. The smallest absolute Gasteiger partial charge is 0.224 e.